The Bertz CT molecular complexity index is 1710. The number of hydrogen-bond donors (Lipinski definition) is 1. The van der Waals surface area contributed by atoms with Crippen LogP contribution < -0.4 is 5.19 Å². The van der Waals surface area contributed by atoms with Gasteiger partial charge in [0.1, 0.15) is 0 Å². The maximum Gasteiger partial charge on any atom is 0.162 e. The Balaban J connectivity index is 0.000000236. The fourth-order valence-electron chi connectivity index (χ4n) is 6.84. The van der Waals surface area contributed by atoms with E-state index in [1.54, 1.807) is 0 Å². The number of carbonyl (C=O) groups excluding carboxylic acids is 1. The average molecular weight is 774 g/mol. The summed E-state index contributed by atoms with van der Waals surface area (Å²) < 4.78 is 2.12. The SMILES string of the molecule is CC(C)C(C(=O)/C=C(\O)C(C(C)C)C(C)C)C(C)C.C[Si](C)(C)c1cc2ccnc3c2c(c1)c1cccc2c[c-]n3c21.[Ir]. The van der Waals surface area contributed by atoms with E-state index in [4.69, 9.17) is 0 Å². The van der Waals surface area contributed by atoms with Crippen molar-refractivity contribution in [1.82, 2.24) is 9.38 Å². The van der Waals surface area contributed by atoms with Crippen LogP contribution in [0.1, 0.15) is 55.4 Å². The van der Waals surface area contributed by atoms with Gasteiger partial charge in [-0.1, -0.05) is 116 Å². The van der Waals surface area contributed by atoms with Crippen molar-refractivity contribution < 1.29 is 30.0 Å². The molecule has 0 atom stereocenters. The molecule has 233 valence electrons. The maximum atomic E-state index is 12.3. The molecule has 3 aromatic heterocycles. The van der Waals surface area contributed by atoms with E-state index < -0.39 is 8.07 Å². The van der Waals surface area contributed by atoms with Crippen LogP contribution in [0.25, 0.3) is 38.1 Å². The van der Waals surface area contributed by atoms with Gasteiger partial charge in [0.15, 0.2) is 5.78 Å². The molecular weight excluding hydrogens is 725 g/mol. The van der Waals surface area contributed by atoms with Crippen LogP contribution in [0, 0.1) is 41.7 Å². The summed E-state index contributed by atoms with van der Waals surface area (Å²) in [6.07, 6.45) is 6.77. The minimum Gasteiger partial charge on any atom is -0.512 e. The van der Waals surface area contributed by atoms with Crippen LogP contribution in [0.15, 0.2) is 60.5 Å². The number of allylic oxidation sites excluding steroid dienone is 2. The Kier molecular flexibility index (Phi) is 11.1. The van der Waals surface area contributed by atoms with Crippen molar-refractivity contribution in [2.24, 2.45) is 35.5 Å². The Hall–Kier alpha value is -2.53. The van der Waals surface area contributed by atoms with Gasteiger partial charge in [0.05, 0.1) is 19.5 Å². The Morgan fingerprint density at radius 3 is 2.02 bits per heavy atom. The fourth-order valence-corrected chi connectivity index (χ4v) is 8.01. The Morgan fingerprint density at radius 1 is 0.860 bits per heavy atom. The van der Waals surface area contributed by atoms with Crippen LogP contribution in [0.2, 0.25) is 19.6 Å². The molecule has 2 aromatic carbocycles. The van der Waals surface area contributed by atoms with Gasteiger partial charge in [-0.3, -0.25) is 9.78 Å². The Labute approximate surface area is 272 Å². The minimum atomic E-state index is -1.39. The third kappa shape index (κ3) is 7.08. The summed E-state index contributed by atoms with van der Waals surface area (Å²) in [5.41, 5.74) is 2.24. The van der Waals surface area contributed by atoms with Crippen molar-refractivity contribution in [2.75, 3.05) is 0 Å². The number of aliphatic hydroxyl groups excluding tert-OH is 1. The van der Waals surface area contributed by atoms with Crippen LogP contribution in [-0.4, -0.2) is 28.3 Å². The zero-order valence-electron chi connectivity index (χ0n) is 27.7. The fraction of sp³-hybridized carbons (Fsp3) is 0.459. The maximum absolute atomic E-state index is 12.3. The molecule has 1 radical (unpaired) electrons. The number of para-hydroxylation sites is 1. The molecule has 0 amide bonds. The molecule has 0 saturated heterocycles. The number of pyridine rings is 2. The number of nitrogens with zero attached hydrogens (tertiary/aromatic N) is 2. The second-order valence-corrected chi connectivity index (χ2v) is 19.4. The molecule has 0 fully saturated rings. The summed E-state index contributed by atoms with van der Waals surface area (Å²) in [4.78, 5) is 17.0. The summed E-state index contributed by atoms with van der Waals surface area (Å²) in [6.45, 7) is 23.8. The summed E-state index contributed by atoms with van der Waals surface area (Å²) in [7, 11) is -1.39. The molecule has 43 heavy (non-hydrogen) atoms. The van der Waals surface area contributed by atoms with Crippen molar-refractivity contribution in [3.05, 3.63) is 66.7 Å². The van der Waals surface area contributed by atoms with Gasteiger partial charge in [-0.2, -0.15) is 0 Å². The number of aliphatic hydroxyl groups is 1. The molecule has 0 aliphatic heterocycles. The van der Waals surface area contributed by atoms with Crippen molar-refractivity contribution in [3.8, 4) is 0 Å². The van der Waals surface area contributed by atoms with Crippen molar-refractivity contribution >= 4 is 57.1 Å². The number of carbonyl (C=O) groups is 1. The molecule has 0 bridgehead atoms. The van der Waals surface area contributed by atoms with Crippen molar-refractivity contribution in [2.45, 2.75) is 75.0 Å². The molecule has 1 N–H and O–H groups in total. The molecule has 5 aromatic rings. The quantitative estimate of drug-likeness (QED) is 0.0427. The predicted octanol–water partition coefficient (Wildman–Crippen LogP) is 9.43. The molecule has 6 heteroatoms. The number of aromatic nitrogens is 2. The first-order chi connectivity index (χ1) is 19.6. The molecule has 0 unspecified atom stereocenters. The van der Waals surface area contributed by atoms with Gasteiger partial charge >= 0.3 is 0 Å². The molecule has 4 nitrogen and oxygen atoms in total. The smallest absolute Gasteiger partial charge is 0.162 e. The van der Waals surface area contributed by atoms with E-state index in [2.05, 4.69) is 133 Å². The van der Waals surface area contributed by atoms with Gasteiger partial charge in [-0.15, -0.1) is 17.5 Å². The normalized spacial score (nSPS) is 13.0. The van der Waals surface area contributed by atoms with E-state index in [9.17, 15) is 9.90 Å². The zero-order valence-corrected chi connectivity index (χ0v) is 31.1. The van der Waals surface area contributed by atoms with Gasteiger partial charge in [-0.05, 0) is 51.3 Å². The van der Waals surface area contributed by atoms with Gasteiger partial charge < -0.3 is 9.51 Å². The second-order valence-electron chi connectivity index (χ2n) is 14.4. The molecule has 0 saturated carbocycles. The first-order valence-electron chi connectivity index (χ1n) is 15.5. The van der Waals surface area contributed by atoms with Crippen molar-refractivity contribution in [3.63, 3.8) is 0 Å². The number of ketones is 1. The van der Waals surface area contributed by atoms with E-state index in [-0.39, 0.29) is 43.5 Å². The number of benzene rings is 2. The summed E-state index contributed by atoms with van der Waals surface area (Å²) in [5.74, 6) is 1.63. The van der Waals surface area contributed by atoms with Crippen molar-refractivity contribution in [1.29, 1.82) is 0 Å². The van der Waals surface area contributed by atoms with E-state index in [1.165, 1.54) is 43.7 Å². The minimum absolute atomic E-state index is 0. The van der Waals surface area contributed by atoms with Crippen LogP contribution in [0.5, 0.6) is 0 Å². The Morgan fingerprint density at radius 2 is 1.47 bits per heavy atom. The molecule has 0 spiro atoms. The van der Waals surface area contributed by atoms with E-state index in [1.807, 2.05) is 6.20 Å². The first-order valence-corrected chi connectivity index (χ1v) is 19.0. The molecule has 0 aliphatic carbocycles. The van der Waals surface area contributed by atoms with Gasteiger partial charge in [-0.25, -0.2) is 0 Å². The molecule has 5 rings (SSSR count). The van der Waals surface area contributed by atoms with Gasteiger partial charge in [0, 0.05) is 44.2 Å². The van der Waals surface area contributed by atoms with Crippen LogP contribution in [-0.2, 0) is 24.9 Å². The topological polar surface area (TPSA) is 54.6 Å². The second kappa shape index (κ2) is 13.6. The average Bonchev–Trinajstić information content (AvgIpc) is 3.31. The van der Waals surface area contributed by atoms with E-state index in [0.717, 1.165) is 5.65 Å². The first kappa shape index (κ1) is 35.0. The third-order valence-corrected chi connectivity index (χ3v) is 10.7. The standard InChI is InChI=1S/C20H17N2Si.C17H32O2.Ir/c1-23(2,3)15-11-14-7-9-21-20-18(14)17(12-15)16-6-4-5-13-8-10-22(20)19(13)16;1-10(2)16(11(3)4)14(18)9-15(19)17(12(5)6)13(7)8;/h4-9,11-12H,1-3H3;9-13,16-18H,1-8H3;/q-1;;/b;14-9-;. The summed E-state index contributed by atoms with van der Waals surface area (Å²) in [5, 5.41) is 18.2. The van der Waals surface area contributed by atoms with E-state index in [0.29, 0.717) is 23.7 Å². The monoisotopic (exact) mass is 774 g/mol. The van der Waals surface area contributed by atoms with Gasteiger partial charge in [0.2, 0.25) is 0 Å². The van der Waals surface area contributed by atoms with Crippen LogP contribution in [0.3, 0.4) is 0 Å². The number of rotatable bonds is 8. The summed E-state index contributed by atoms with van der Waals surface area (Å²) in [6, 6.07) is 15.5. The van der Waals surface area contributed by atoms with Crippen LogP contribution in [0.4, 0.5) is 0 Å². The zero-order chi connectivity index (χ0) is 31.1. The van der Waals surface area contributed by atoms with Gasteiger partial charge in [0.25, 0.3) is 0 Å². The number of fused-ring (bicyclic) bond motifs is 2. The molecule has 0 aliphatic rings. The molecular formula is C37H49IrN2O2Si-. The number of hydrogen-bond acceptors (Lipinski definition) is 3. The molecule has 3 heterocycles. The largest absolute Gasteiger partial charge is 0.512 e. The van der Waals surface area contributed by atoms with Crippen LogP contribution >= 0.6 is 0 Å². The van der Waals surface area contributed by atoms with E-state index >= 15 is 0 Å². The third-order valence-electron chi connectivity index (χ3n) is 8.68. The predicted molar refractivity (Wildman–Crippen MR) is 183 cm³/mol. The summed E-state index contributed by atoms with van der Waals surface area (Å²) >= 11 is 0.